The molecule has 0 bridgehead atoms. The lowest BCUT2D eigenvalue weighted by molar-refractivity contribution is 0.0704. The normalized spacial score (nSPS) is 11.0. The number of benzene rings is 2. The van der Waals surface area contributed by atoms with Gasteiger partial charge in [-0.2, -0.15) is 4.98 Å². The van der Waals surface area contributed by atoms with Crippen LogP contribution < -0.4 is 0 Å². The second-order valence-corrected chi connectivity index (χ2v) is 7.09. The zero-order chi connectivity index (χ0) is 19.4. The van der Waals surface area contributed by atoms with Crippen LogP contribution in [0.1, 0.15) is 41.2 Å². The minimum absolute atomic E-state index is 0.0169. The maximum Gasteiger partial charge on any atom is 0.254 e. The number of carbonyl (C=O) groups is 1. The maximum atomic E-state index is 12.8. The number of aryl methyl sites for hydroxylation is 2. The van der Waals surface area contributed by atoms with Crippen LogP contribution in [0, 0.1) is 13.8 Å². The number of rotatable bonds is 6. The SMILES string of the molecule is Cc1ccc(C(=O)N(CCc2nc(-c3ccc(C)cc3)no2)C(C)C)cc1. The van der Waals surface area contributed by atoms with Gasteiger partial charge in [-0.05, 0) is 39.8 Å². The van der Waals surface area contributed by atoms with Gasteiger partial charge in [-0.1, -0.05) is 52.7 Å². The van der Waals surface area contributed by atoms with Gasteiger partial charge in [-0.3, -0.25) is 4.79 Å². The molecule has 0 fully saturated rings. The number of hydrogen-bond acceptors (Lipinski definition) is 4. The molecule has 0 atom stereocenters. The summed E-state index contributed by atoms with van der Waals surface area (Å²) < 4.78 is 5.38. The summed E-state index contributed by atoms with van der Waals surface area (Å²) in [4.78, 5) is 19.1. The van der Waals surface area contributed by atoms with E-state index in [1.165, 1.54) is 5.56 Å². The second kappa shape index (κ2) is 8.16. The predicted molar refractivity (Wildman–Crippen MR) is 106 cm³/mol. The molecule has 5 heteroatoms. The Bertz CT molecular complexity index is 896. The summed E-state index contributed by atoms with van der Waals surface area (Å²) in [7, 11) is 0. The molecule has 1 amide bonds. The second-order valence-electron chi connectivity index (χ2n) is 7.09. The van der Waals surface area contributed by atoms with Crippen LogP contribution in [0.5, 0.6) is 0 Å². The third kappa shape index (κ3) is 4.61. The van der Waals surface area contributed by atoms with Gasteiger partial charge < -0.3 is 9.42 Å². The van der Waals surface area contributed by atoms with E-state index in [-0.39, 0.29) is 11.9 Å². The Balaban J connectivity index is 1.68. The van der Waals surface area contributed by atoms with Crippen LogP contribution in [0.25, 0.3) is 11.4 Å². The van der Waals surface area contributed by atoms with E-state index in [2.05, 4.69) is 10.1 Å². The molecule has 0 aliphatic heterocycles. The first-order valence-electron chi connectivity index (χ1n) is 9.21. The van der Waals surface area contributed by atoms with Crippen LogP contribution >= 0.6 is 0 Å². The minimum atomic E-state index is 0.0169. The molecule has 0 spiro atoms. The van der Waals surface area contributed by atoms with Crippen LogP contribution in [0.3, 0.4) is 0 Å². The van der Waals surface area contributed by atoms with E-state index >= 15 is 0 Å². The van der Waals surface area contributed by atoms with Gasteiger partial charge in [0, 0.05) is 30.1 Å². The Morgan fingerprint density at radius 1 is 1.00 bits per heavy atom. The van der Waals surface area contributed by atoms with Crippen molar-refractivity contribution in [2.45, 2.75) is 40.2 Å². The van der Waals surface area contributed by atoms with E-state index in [9.17, 15) is 4.79 Å². The topological polar surface area (TPSA) is 59.2 Å². The highest BCUT2D eigenvalue weighted by Crippen LogP contribution is 2.17. The van der Waals surface area contributed by atoms with Gasteiger partial charge in [-0.25, -0.2) is 0 Å². The summed E-state index contributed by atoms with van der Waals surface area (Å²) in [6.07, 6.45) is 0.522. The van der Waals surface area contributed by atoms with Crippen molar-refractivity contribution in [1.82, 2.24) is 15.0 Å². The minimum Gasteiger partial charge on any atom is -0.339 e. The lowest BCUT2D eigenvalue weighted by atomic mass is 10.1. The molecular formula is C22H25N3O2. The van der Waals surface area contributed by atoms with Crippen molar-refractivity contribution in [3.63, 3.8) is 0 Å². The first-order chi connectivity index (χ1) is 12.9. The average molecular weight is 363 g/mol. The van der Waals surface area contributed by atoms with Crippen molar-refractivity contribution in [2.24, 2.45) is 0 Å². The fourth-order valence-corrected chi connectivity index (χ4v) is 2.85. The largest absolute Gasteiger partial charge is 0.339 e. The monoisotopic (exact) mass is 363 g/mol. The number of aromatic nitrogens is 2. The summed E-state index contributed by atoms with van der Waals surface area (Å²) >= 11 is 0. The molecular weight excluding hydrogens is 338 g/mol. The third-order valence-corrected chi connectivity index (χ3v) is 4.53. The molecule has 0 aliphatic carbocycles. The molecule has 1 heterocycles. The first-order valence-corrected chi connectivity index (χ1v) is 9.21. The van der Waals surface area contributed by atoms with Crippen LogP contribution in [-0.4, -0.2) is 33.5 Å². The number of amides is 1. The summed E-state index contributed by atoms with van der Waals surface area (Å²) in [6.45, 7) is 8.60. The first kappa shape index (κ1) is 18.8. The molecule has 5 nitrogen and oxygen atoms in total. The van der Waals surface area contributed by atoms with Gasteiger partial charge in [0.15, 0.2) is 0 Å². The highest BCUT2D eigenvalue weighted by Gasteiger charge is 2.20. The Hall–Kier alpha value is -2.95. The lowest BCUT2D eigenvalue weighted by Gasteiger charge is -2.26. The fraction of sp³-hybridized carbons (Fsp3) is 0.318. The predicted octanol–water partition coefficient (Wildman–Crippen LogP) is 4.45. The molecule has 2 aromatic carbocycles. The van der Waals surface area contributed by atoms with Gasteiger partial charge in [0.1, 0.15) is 0 Å². The molecule has 140 valence electrons. The van der Waals surface area contributed by atoms with Gasteiger partial charge >= 0.3 is 0 Å². The standard InChI is InChI=1S/C22H25N3O2/c1-15(2)25(22(26)19-11-7-17(4)8-12-19)14-13-20-23-21(24-27-20)18-9-5-16(3)6-10-18/h5-12,15H,13-14H2,1-4H3. The molecule has 3 rings (SSSR count). The third-order valence-electron chi connectivity index (χ3n) is 4.53. The van der Waals surface area contributed by atoms with Gasteiger partial charge in [0.25, 0.3) is 5.91 Å². The summed E-state index contributed by atoms with van der Waals surface area (Å²) in [5, 5.41) is 4.06. The Morgan fingerprint density at radius 2 is 1.59 bits per heavy atom. The average Bonchev–Trinajstić information content (AvgIpc) is 3.11. The van der Waals surface area contributed by atoms with E-state index < -0.39 is 0 Å². The van der Waals surface area contributed by atoms with E-state index in [0.29, 0.717) is 30.2 Å². The molecule has 0 saturated carbocycles. The summed E-state index contributed by atoms with van der Waals surface area (Å²) in [5.74, 6) is 1.13. The van der Waals surface area contributed by atoms with E-state index in [0.717, 1.165) is 11.1 Å². The Labute approximate surface area is 160 Å². The molecule has 1 aromatic heterocycles. The van der Waals surface area contributed by atoms with Crippen molar-refractivity contribution in [2.75, 3.05) is 6.54 Å². The molecule has 0 aliphatic rings. The molecule has 0 unspecified atom stereocenters. The molecule has 3 aromatic rings. The maximum absolute atomic E-state index is 12.8. The van der Waals surface area contributed by atoms with Gasteiger partial charge in [0.2, 0.25) is 11.7 Å². The quantitative estimate of drug-likeness (QED) is 0.649. The van der Waals surface area contributed by atoms with Crippen LogP contribution in [0.15, 0.2) is 53.1 Å². The van der Waals surface area contributed by atoms with Crippen LogP contribution in [-0.2, 0) is 6.42 Å². The number of carbonyl (C=O) groups excluding carboxylic acids is 1. The molecule has 27 heavy (non-hydrogen) atoms. The molecule has 0 N–H and O–H groups in total. The number of hydrogen-bond donors (Lipinski definition) is 0. The molecule has 0 radical (unpaired) electrons. The van der Waals surface area contributed by atoms with Crippen molar-refractivity contribution >= 4 is 5.91 Å². The summed E-state index contributed by atoms with van der Waals surface area (Å²) in [5.41, 5.74) is 3.94. The number of nitrogens with zero attached hydrogens (tertiary/aromatic N) is 3. The Morgan fingerprint density at radius 3 is 2.19 bits per heavy atom. The van der Waals surface area contributed by atoms with E-state index in [1.807, 2.05) is 81.1 Å². The highest BCUT2D eigenvalue weighted by molar-refractivity contribution is 5.94. The van der Waals surface area contributed by atoms with Crippen molar-refractivity contribution < 1.29 is 9.32 Å². The van der Waals surface area contributed by atoms with Crippen molar-refractivity contribution in [1.29, 1.82) is 0 Å². The van der Waals surface area contributed by atoms with Crippen LogP contribution in [0.2, 0.25) is 0 Å². The van der Waals surface area contributed by atoms with Crippen molar-refractivity contribution in [3.8, 4) is 11.4 Å². The Kier molecular flexibility index (Phi) is 5.69. The zero-order valence-electron chi connectivity index (χ0n) is 16.3. The summed E-state index contributed by atoms with van der Waals surface area (Å²) in [6, 6.07) is 15.7. The molecule has 0 saturated heterocycles. The van der Waals surface area contributed by atoms with Gasteiger partial charge in [-0.15, -0.1) is 0 Å². The van der Waals surface area contributed by atoms with Crippen molar-refractivity contribution in [3.05, 3.63) is 71.1 Å². The van der Waals surface area contributed by atoms with E-state index in [4.69, 9.17) is 4.52 Å². The zero-order valence-corrected chi connectivity index (χ0v) is 16.3. The fourth-order valence-electron chi connectivity index (χ4n) is 2.85. The van der Waals surface area contributed by atoms with E-state index in [1.54, 1.807) is 0 Å². The smallest absolute Gasteiger partial charge is 0.254 e. The van der Waals surface area contributed by atoms with Crippen LogP contribution in [0.4, 0.5) is 0 Å². The lowest BCUT2D eigenvalue weighted by Crippen LogP contribution is -2.38. The highest BCUT2D eigenvalue weighted by atomic mass is 16.5. The van der Waals surface area contributed by atoms with Gasteiger partial charge in [0.05, 0.1) is 0 Å².